The van der Waals surface area contributed by atoms with E-state index in [0.717, 1.165) is 25.3 Å². The standard InChI is InChI=1S/C23H42N8O.HI/c1-4-20-28-27-19-30(20)16-13-24-22(25-17-21(32)29(2)3)26-18-23(11-7-5-8-12-23)31-14-9-6-10-15-31;/h19H,4-18H2,1-3H3,(H2,24,25,26);1H. The molecule has 0 radical (unpaired) electrons. The van der Waals surface area contributed by atoms with E-state index in [9.17, 15) is 4.79 Å². The number of nitrogens with zero attached hydrogens (tertiary/aromatic N) is 6. The summed E-state index contributed by atoms with van der Waals surface area (Å²) in [7, 11) is 3.54. The Morgan fingerprint density at radius 2 is 1.82 bits per heavy atom. The minimum Gasteiger partial charge on any atom is -0.355 e. The molecule has 2 N–H and O–H groups in total. The van der Waals surface area contributed by atoms with E-state index in [1.54, 1.807) is 25.3 Å². The lowest BCUT2D eigenvalue weighted by Crippen LogP contribution is -2.59. The van der Waals surface area contributed by atoms with Gasteiger partial charge in [0.25, 0.3) is 0 Å². The molecule has 3 rings (SSSR count). The molecular formula is C23H43IN8O. The molecule has 188 valence electrons. The number of likely N-dealkylation sites (tertiary alicyclic amines) is 1. The lowest BCUT2D eigenvalue weighted by molar-refractivity contribution is -0.127. The van der Waals surface area contributed by atoms with Crippen molar-refractivity contribution in [3.8, 4) is 0 Å². The Kier molecular flexibility index (Phi) is 11.9. The van der Waals surface area contributed by atoms with E-state index < -0.39 is 0 Å². The van der Waals surface area contributed by atoms with Crippen LogP contribution in [0.4, 0.5) is 0 Å². The van der Waals surface area contributed by atoms with E-state index in [4.69, 9.17) is 0 Å². The fraction of sp³-hybridized carbons (Fsp3) is 0.826. The van der Waals surface area contributed by atoms with E-state index in [2.05, 4.69) is 42.2 Å². The van der Waals surface area contributed by atoms with Crippen molar-refractivity contribution in [2.24, 2.45) is 4.99 Å². The monoisotopic (exact) mass is 574 g/mol. The molecule has 1 aromatic heterocycles. The molecule has 2 aliphatic rings. The minimum atomic E-state index is 0. The molecule has 0 atom stereocenters. The summed E-state index contributed by atoms with van der Waals surface area (Å²) in [6, 6.07) is 0. The van der Waals surface area contributed by atoms with Crippen molar-refractivity contribution in [2.75, 3.05) is 46.8 Å². The number of likely N-dealkylation sites (N-methyl/N-ethyl adjacent to an activating group) is 1. The van der Waals surface area contributed by atoms with Gasteiger partial charge in [0.05, 0.1) is 0 Å². The maximum atomic E-state index is 12.1. The number of guanidine groups is 1. The van der Waals surface area contributed by atoms with Crippen LogP contribution in [0.2, 0.25) is 0 Å². The Labute approximate surface area is 216 Å². The molecule has 2 heterocycles. The van der Waals surface area contributed by atoms with Gasteiger partial charge in [-0.15, -0.1) is 34.2 Å². The highest BCUT2D eigenvalue weighted by atomic mass is 127. The van der Waals surface area contributed by atoms with Gasteiger partial charge in [-0.05, 0) is 38.8 Å². The Morgan fingerprint density at radius 3 is 2.48 bits per heavy atom. The first-order chi connectivity index (χ1) is 15.5. The summed E-state index contributed by atoms with van der Waals surface area (Å²) in [6.07, 6.45) is 13.0. The predicted octanol–water partition coefficient (Wildman–Crippen LogP) is 2.27. The second kappa shape index (κ2) is 14.1. The van der Waals surface area contributed by atoms with Gasteiger partial charge in [0, 0.05) is 45.7 Å². The number of carbonyl (C=O) groups is 1. The number of piperidine rings is 1. The van der Waals surface area contributed by atoms with Crippen LogP contribution in [0.5, 0.6) is 0 Å². The third kappa shape index (κ3) is 8.08. The van der Waals surface area contributed by atoms with Crippen molar-refractivity contribution in [2.45, 2.75) is 76.8 Å². The molecule has 0 aromatic carbocycles. The van der Waals surface area contributed by atoms with Gasteiger partial charge in [0.1, 0.15) is 18.7 Å². The van der Waals surface area contributed by atoms with Gasteiger partial charge in [-0.1, -0.05) is 32.6 Å². The topological polar surface area (TPSA) is 90.7 Å². The van der Waals surface area contributed by atoms with E-state index >= 15 is 0 Å². The van der Waals surface area contributed by atoms with Crippen LogP contribution in [-0.4, -0.2) is 88.8 Å². The second-order valence-corrected chi connectivity index (χ2v) is 9.36. The lowest BCUT2D eigenvalue weighted by atomic mass is 9.79. The third-order valence-electron chi connectivity index (χ3n) is 6.92. The number of aryl methyl sites for hydroxylation is 1. The summed E-state index contributed by atoms with van der Waals surface area (Å²) in [5, 5.41) is 15.2. The average Bonchev–Trinajstić information content (AvgIpc) is 3.29. The number of amides is 1. The molecule has 1 aliphatic carbocycles. The predicted molar refractivity (Wildman–Crippen MR) is 143 cm³/mol. The van der Waals surface area contributed by atoms with Crippen molar-refractivity contribution in [1.82, 2.24) is 35.2 Å². The number of rotatable bonds is 9. The Morgan fingerprint density at radius 1 is 1.12 bits per heavy atom. The van der Waals surface area contributed by atoms with E-state index in [0.29, 0.717) is 12.5 Å². The average molecular weight is 575 g/mol. The van der Waals surface area contributed by atoms with Crippen molar-refractivity contribution in [3.63, 3.8) is 0 Å². The van der Waals surface area contributed by atoms with Crippen LogP contribution in [0.3, 0.4) is 0 Å². The largest absolute Gasteiger partial charge is 0.355 e. The molecule has 0 unspecified atom stereocenters. The molecule has 1 aliphatic heterocycles. The Bertz CT molecular complexity index is 739. The third-order valence-corrected chi connectivity index (χ3v) is 6.92. The lowest BCUT2D eigenvalue weighted by Gasteiger charge is -2.48. The molecule has 0 spiro atoms. The van der Waals surface area contributed by atoms with Crippen molar-refractivity contribution in [3.05, 3.63) is 12.2 Å². The molecule has 1 amide bonds. The smallest absolute Gasteiger partial charge is 0.243 e. The summed E-state index contributed by atoms with van der Waals surface area (Å²) >= 11 is 0. The maximum absolute atomic E-state index is 12.1. The van der Waals surface area contributed by atoms with E-state index in [1.807, 2.05) is 0 Å². The Balaban J connectivity index is 0.00000385. The summed E-state index contributed by atoms with van der Waals surface area (Å²) < 4.78 is 2.06. The molecule has 2 fully saturated rings. The van der Waals surface area contributed by atoms with E-state index in [-0.39, 0.29) is 42.0 Å². The van der Waals surface area contributed by atoms with Gasteiger partial charge < -0.3 is 20.1 Å². The summed E-state index contributed by atoms with van der Waals surface area (Å²) in [6.45, 7) is 6.97. The molecule has 10 heteroatoms. The molecule has 1 aromatic rings. The highest BCUT2D eigenvalue weighted by Crippen LogP contribution is 2.35. The number of aliphatic imine (C=N–C) groups is 1. The molecule has 9 nitrogen and oxygen atoms in total. The summed E-state index contributed by atoms with van der Waals surface area (Å²) in [5.74, 6) is 1.70. The van der Waals surface area contributed by atoms with Crippen LogP contribution in [0, 0.1) is 0 Å². The van der Waals surface area contributed by atoms with Gasteiger partial charge in [0.15, 0.2) is 5.96 Å². The molecule has 0 bridgehead atoms. The number of carbonyl (C=O) groups excluding carboxylic acids is 1. The minimum absolute atomic E-state index is 0. The zero-order chi connectivity index (χ0) is 22.8. The number of halogens is 1. The number of aromatic nitrogens is 3. The fourth-order valence-corrected chi connectivity index (χ4v) is 4.93. The van der Waals surface area contributed by atoms with Crippen LogP contribution in [0.25, 0.3) is 0 Å². The highest BCUT2D eigenvalue weighted by molar-refractivity contribution is 14.0. The van der Waals surface area contributed by atoms with Crippen LogP contribution in [0.15, 0.2) is 11.3 Å². The molecule has 1 saturated heterocycles. The fourth-order valence-electron chi connectivity index (χ4n) is 4.93. The van der Waals surface area contributed by atoms with E-state index in [1.165, 1.54) is 64.5 Å². The van der Waals surface area contributed by atoms with Crippen LogP contribution in [-0.2, 0) is 17.8 Å². The molecular weight excluding hydrogens is 531 g/mol. The first-order valence-corrected chi connectivity index (χ1v) is 12.4. The van der Waals surface area contributed by atoms with Gasteiger partial charge in [-0.2, -0.15) is 0 Å². The van der Waals surface area contributed by atoms with Gasteiger partial charge in [-0.25, -0.2) is 4.99 Å². The summed E-state index contributed by atoms with van der Waals surface area (Å²) in [5.41, 5.74) is 0.205. The van der Waals surface area contributed by atoms with Crippen LogP contribution in [0.1, 0.15) is 64.1 Å². The van der Waals surface area contributed by atoms with Crippen molar-refractivity contribution in [1.29, 1.82) is 0 Å². The van der Waals surface area contributed by atoms with Crippen molar-refractivity contribution >= 4 is 35.8 Å². The number of nitrogens with one attached hydrogen (secondary N) is 2. The van der Waals surface area contributed by atoms with Gasteiger partial charge >= 0.3 is 0 Å². The zero-order valence-corrected chi connectivity index (χ0v) is 23.0. The molecule has 33 heavy (non-hydrogen) atoms. The number of hydrogen-bond acceptors (Lipinski definition) is 5. The SMILES string of the molecule is CCc1nncn1CCNC(=NCC(=O)N(C)C)NCC1(N2CCCCC2)CCCCC1.I. The maximum Gasteiger partial charge on any atom is 0.243 e. The first kappa shape index (κ1) is 27.8. The van der Waals surface area contributed by atoms with Crippen LogP contribution >= 0.6 is 24.0 Å². The van der Waals surface area contributed by atoms with Crippen LogP contribution < -0.4 is 10.6 Å². The van der Waals surface area contributed by atoms with Gasteiger partial charge in [-0.3, -0.25) is 9.69 Å². The second-order valence-electron chi connectivity index (χ2n) is 9.36. The normalized spacial score (nSPS) is 18.9. The van der Waals surface area contributed by atoms with Gasteiger partial charge in [0.2, 0.25) is 5.91 Å². The molecule has 1 saturated carbocycles. The first-order valence-electron chi connectivity index (χ1n) is 12.4. The number of hydrogen-bond donors (Lipinski definition) is 2. The zero-order valence-electron chi connectivity index (χ0n) is 20.7. The highest BCUT2D eigenvalue weighted by Gasteiger charge is 2.38. The van der Waals surface area contributed by atoms with Crippen molar-refractivity contribution < 1.29 is 4.79 Å². The Hall–Kier alpha value is -1.43. The summed E-state index contributed by atoms with van der Waals surface area (Å²) in [4.78, 5) is 21.1. The quantitative estimate of drug-likeness (QED) is 0.267.